The number of benzene rings is 1. The number of primary amides is 1. The monoisotopic (exact) mass is 308 g/mol. The first-order valence-electron chi connectivity index (χ1n) is 7.06. The largest absolute Gasteiger partial charge is 0.396 e. The van der Waals surface area contributed by atoms with E-state index in [0.29, 0.717) is 6.42 Å². The number of rotatable bonds is 5. The Kier molecular flexibility index (Phi) is 5.12. The van der Waals surface area contributed by atoms with Gasteiger partial charge in [0, 0.05) is 0 Å². The minimum absolute atomic E-state index is 0.182. The summed E-state index contributed by atoms with van der Waals surface area (Å²) in [5.74, 6) is -2.15. The van der Waals surface area contributed by atoms with E-state index >= 15 is 0 Å². The Morgan fingerprint density at radius 3 is 2.45 bits per heavy atom. The zero-order valence-electron chi connectivity index (χ0n) is 12.0. The van der Waals surface area contributed by atoms with Crippen LogP contribution in [0.2, 0.25) is 0 Å². The molecule has 2 amide bonds. The fourth-order valence-electron chi connectivity index (χ4n) is 2.73. The maximum absolute atomic E-state index is 12.5. The lowest BCUT2D eigenvalue weighted by atomic mass is 9.98. The Morgan fingerprint density at radius 2 is 1.91 bits per heavy atom. The molecule has 1 aromatic carbocycles. The van der Waals surface area contributed by atoms with E-state index in [1.54, 1.807) is 0 Å². The molecule has 5 N–H and O–H groups in total. The Morgan fingerprint density at radius 1 is 1.27 bits per heavy atom. The van der Waals surface area contributed by atoms with E-state index in [1.165, 1.54) is 0 Å². The highest BCUT2D eigenvalue weighted by Crippen LogP contribution is 2.22. The summed E-state index contributed by atoms with van der Waals surface area (Å²) in [5, 5.41) is 28.9. The maximum atomic E-state index is 12.5. The minimum Gasteiger partial charge on any atom is -0.396 e. The number of carbonyl (C=O) groups is 2. The van der Waals surface area contributed by atoms with Gasteiger partial charge in [0.2, 0.25) is 11.8 Å². The average Bonchev–Trinajstić information content (AvgIpc) is 2.81. The van der Waals surface area contributed by atoms with Gasteiger partial charge in [0.05, 0.1) is 25.2 Å². The van der Waals surface area contributed by atoms with E-state index in [4.69, 9.17) is 5.73 Å². The zero-order chi connectivity index (χ0) is 16.3. The van der Waals surface area contributed by atoms with Crippen LogP contribution in [-0.2, 0) is 16.0 Å². The molecule has 1 fully saturated rings. The van der Waals surface area contributed by atoms with Crippen LogP contribution in [0.4, 0.5) is 0 Å². The standard InChI is InChI=1S/C15H20N2O5/c16-14(21)12-13(20)11(19)7-17(12)15(22)10(8-18)6-9-4-2-1-3-5-9/h1-5,10-13,18-20H,6-8H2,(H2,16,21)/t10-,11+,12?,13+/m1/s1. The molecule has 2 rings (SSSR count). The van der Waals surface area contributed by atoms with Crippen molar-refractivity contribution in [2.75, 3.05) is 13.2 Å². The van der Waals surface area contributed by atoms with Crippen molar-refractivity contribution in [2.45, 2.75) is 24.7 Å². The molecule has 1 heterocycles. The van der Waals surface area contributed by atoms with Gasteiger partial charge in [-0.05, 0) is 12.0 Å². The van der Waals surface area contributed by atoms with Crippen molar-refractivity contribution in [3.8, 4) is 0 Å². The van der Waals surface area contributed by atoms with E-state index in [2.05, 4.69) is 0 Å². The molecule has 1 unspecified atom stereocenters. The van der Waals surface area contributed by atoms with Crippen LogP contribution in [0.15, 0.2) is 30.3 Å². The van der Waals surface area contributed by atoms with Gasteiger partial charge in [0.15, 0.2) is 0 Å². The molecule has 1 saturated heterocycles. The third-order valence-electron chi connectivity index (χ3n) is 3.91. The Hall–Kier alpha value is -1.96. The van der Waals surface area contributed by atoms with E-state index in [0.717, 1.165) is 10.5 Å². The second-order valence-corrected chi connectivity index (χ2v) is 5.46. The van der Waals surface area contributed by atoms with E-state index in [9.17, 15) is 24.9 Å². The smallest absolute Gasteiger partial charge is 0.243 e. The first-order chi connectivity index (χ1) is 10.5. The zero-order valence-corrected chi connectivity index (χ0v) is 12.0. The van der Waals surface area contributed by atoms with Crippen molar-refractivity contribution in [3.05, 3.63) is 35.9 Å². The van der Waals surface area contributed by atoms with Gasteiger partial charge in [-0.2, -0.15) is 0 Å². The van der Waals surface area contributed by atoms with Crippen molar-refractivity contribution < 1.29 is 24.9 Å². The van der Waals surface area contributed by atoms with E-state index in [1.807, 2.05) is 30.3 Å². The van der Waals surface area contributed by atoms with Gasteiger partial charge in [-0.3, -0.25) is 9.59 Å². The molecule has 0 bridgehead atoms. The Balaban J connectivity index is 2.15. The van der Waals surface area contributed by atoms with Crippen molar-refractivity contribution >= 4 is 11.8 Å². The summed E-state index contributed by atoms with van der Waals surface area (Å²) in [7, 11) is 0. The number of amides is 2. The second-order valence-electron chi connectivity index (χ2n) is 5.46. The van der Waals surface area contributed by atoms with Gasteiger partial charge in [-0.1, -0.05) is 30.3 Å². The lowest BCUT2D eigenvalue weighted by Gasteiger charge is -2.27. The van der Waals surface area contributed by atoms with Crippen LogP contribution < -0.4 is 5.73 Å². The molecule has 0 aliphatic carbocycles. The fraction of sp³-hybridized carbons (Fsp3) is 0.467. The average molecular weight is 308 g/mol. The molecule has 0 spiro atoms. The minimum atomic E-state index is -1.41. The lowest BCUT2D eigenvalue weighted by molar-refractivity contribution is -0.143. The van der Waals surface area contributed by atoms with Crippen LogP contribution in [0.1, 0.15) is 5.56 Å². The van der Waals surface area contributed by atoms with Gasteiger partial charge in [0.1, 0.15) is 12.1 Å². The first kappa shape index (κ1) is 16.4. The summed E-state index contributed by atoms with van der Waals surface area (Å²) >= 11 is 0. The summed E-state index contributed by atoms with van der Waals surface area (Å²) in [6, 6.07) is 7.88. The summed E-state index contributed by atoms with van der Waals surface area (Å²) in [6.07, 6.45) is -2.33. The number of aliphatic hydroxyl groups excluding tert-OH is 3. The molecule has 120 valence electrons. The molecule has 0 radical (unpaired) electrons. The number of hydrogen-bond donors (Lipinski definition) is 4. The van der Waals surface area contributed by atoms with Crippen LogP contribution in [0.25, 0.3) is 0 Å². The lowest BCUT2D eigenvalue weighted by Crippen LogP contribution is -2.50. The summed E-state index contributed by atoms with van der Waals surface area (Å²) in [5.41, 5.74) is 6.07. The van der Waals surface area contributed by atoms with Crippen LogP contribution >= 0.6 is 0 Å². The number of likely N-dealkylation sites (tertiary alicyclic amines) is 1. The first-order valence-corrected chi connectivity index (χ1v) is 7.06. The highest BCUT2D eigenvalue weighted by molar-refractivity contribution is 5.89. The maximum Gasteiger partial charge on any atom is 0.243 e. The molecular weight excluding hydrogens is 288 g/mol. The molecule has 4 atom stereocenters. The molecule has 0 aromatic heterocycles. The number of nitrogens with zero attached hydrogens (tertiary/aromatic N) is 1. The number of β-amino-alcohol motifs (C(OH)–C–C–N with tert-alkyl or cyclic N) is 1. The normalized spacial score (nSPS) is 26.0. The van der Waals surface area contributed by atoms with Crippen LogP contribution in [0, 0.1) is 5.92 Å². The molecule has 7 nitrogen and oxygen atoms in total. The van der Waals surface area contributed by atoms with Gasteiger partial charge in [-0.25, -0.2) is 0 Å². The Bertz CT molecular complexity index is 536. The molecule has 1 aliphatic rings. The second kappa shape index (κ2) is 6.87. The van der Waals surface area contributed by atoms with E-state index in [-0.39, 0.29) is 6.54 Å². The number of carbonyl (C=O) groups excluding carboxylic acids is 2. The molecule has 1 aliphatic heterocycles. The highest BCUT2D eigenvalue weighted by Gasteiger charge is 2.46. The molecular formula is C15H20N2O5. The third-order valence-corrected chi connectivity index (χ3v) is 3.91. The van der Waals surface area contributed by atoms with Gasteiger partial charge >= 0.3 is 0 Å². The topological polar surface area (TPSA) is 124 Å². The Labute approximate surface area is 128 Å². The predicted octanol–water partition coefficient (Wildman–Crippen LogP) is -1.74. The number of hydrogen-bond acceptors (Lipinski definition) is 5. The summed E-state index contributed by atoms with van der Waals surface area (Å²) < 4.78 is 0. The molecule has 0 saturated carbocycles. The van der Waals surface area contributed by atoms with Crippen molar-refractivity contribution in [2.24, 2.45) is 11.7 Å². The van der Waals surface area contributed by atoms with Crippen LogP contribution in [-0.4, -0.2) is 63.4 Å². The predicted molar refractivity (Wildman–Crippen MR) is 77.4 cm³/mol. The van der Waals surface area contributed by atoms with Gasteiger partial charge < -0.3 is 26.0 Å². The SMILES string of the molecule is NC(=O)C1[C@@H](O)[C@@H](O)CN1C(=O)[C@@H](CO)Cc1ccccc1. The molecule has 7 heteroatoms. The summed E-state index contributed by atoms with van der Waals surface area (Å²) in [6.45, 7) is -0.583. The van der Waals surface area contributed by atoms with Crippen LogP contribution in [0.5, 0.6) is 0 Å². The quantitative estimate of drug-likeness (QED) is 0.514. The van der Waals surface area contributed by atoms with Crippen LogP contribution in [0.3, 0.4) is 0 Å². The third kappa shape index (κ3) is 3.27. The molecule has 1 aromatic rings. The van der Waals surface area contributed by atoms with Crippen molar-refractivity contribution in [3.63, 3.8) is 0 Å². The van der Waals surface area contributed by atoms with Gasteiger partial charge in [0.25, 0.3) is 0 Å². The van der Waals surface area contributed by atoms with Crippen molar-refractivity contribution in [1.29, 1.82) is 0 Å². The van der Waals surface area contributed by atoms with Crippen molar-refractivity contribution in [1.82, 2.24) is 4.90 Å². The number of aliphatic hydroxyl groups is 3. The molecule has 22 heavy (non-hydrogen) atoms. The fourth-order valence-corrected chi connectivity index (χ4v) is 2.73. The number of nitrogens with two attached hydrogens (primary N) is 1. The highest BCUT2D eigenvalue weighted by atomic mass is 16.3. The summed E-state index contributed by atoms with van der Waals surface area (Å²) in [4.78, 5) is 25.0. The van der Waals surface area contributed by atoms with Gasteiger partial charge in [-0.15, -0.1) is 0 Å². The van der Waals surface area contributed by atoms with E-state index < -0.39 is 42.6 Å².